The summed E-state index contributed by atoms with van der Waals surface area (Å²) in [6.45, 7) is 2.86. The molecule has 0 aromatic heterocycles. The summed E-state index contributed by atoms with van der Waals surface area (Å²) in [5, 5.41) is 17.9. The van der Waals surface area contributed by atoms with Crippen molar-refractivity contribution in [3.8, 4) is 11.5 Å². The first-order valence-electron chi connectivity index (χ1n) is 6.82. The van der Waals surface area contributed by atoms with Gasteiger partial charge in [-0.2, -0.15) is 5.11 Å². The van der Waals surface area contributed by atoms with Gasteiger partial charge in [0.25, 0.3) is 0 Å². The van der Waals surface area contributed by atoms with Gasteiger partial charge in [0.05, 0.1) is 12.3 Å². The Morgan fingerprint density at radius 1 is 1.10 bits per heavy atom. The van der Waals surface area contributed by atoms with Crippen LogP contribution in [0.2, 0.25) is 0 Å². The van der Waals surface area contributed by atoms with E-state index in [0.717, 1.165) is 29.7 Å². The maximum Gasteiger partial charge on any atom is 0.144 e. The molecule has 110 valence electrons. The van der Waals surface area contributed by atoms with Gasteiger partial charge >= 0.3 is 0 Å². The molecule has 2 rings (SSSR count). The summed E-state index contributed by atoms with van der Waals surface area (Å²) in [6, 6.07) is 12.5. The summed E-state index contributed by atoms with van der Waals surface area (Å²) in [5.74, 6) is 0.918. The lowest BCUT2D eigenvalue weighted by Gasteiger charge is -2.04. The third-order valence-corrected chi connectivity index (χ3v) is 3.31. The molecule has 1 N–H and O–H groups in total. The zero-order valence-electron chi connectivity index (χ0n) is 11.8. The van der Waals surface area contributed by atoms with Crippen molar-refractivity contribution in [1.82, 2.24) is 0 Å². The molecule has 2 aromatic rings. The molecule has 0 atom stereocenters. The third-order valence-electron chi connectivity index (χ3n) is 2.81. The largest absolute Gasteiger partial charge is 0.506 e. The molecule has 0 bridgehead atoms. The van der Waals surface area contributed by atoms with Gasteiger partial charge in [0.1, 0.15) is 17.2 Å². The van der Waals surface area contributed by atoms with Crippen LogP contribution in [0.4, 0.5) is 11.4 Å². The van der Waals surface area contributed by atoms with Crippen molar-refractivity contribution in [2.75, 3.05) is 6.61 Å². The number of rotatable bonds is 6. The first-order chi connectivity index (χ1) is 10.2. The molecule has 0 aliphatic carbocycles. The first kappa shape index (κ1) is 15.5. The van der Waals surface area contributed by atoms with Crippen LogP contribution in [0.25, 0.3) is 0 Å². The molecule has 0 unspecified atom stereocenters. The molecule has 0 amide bonds. The fourth-order valence-corrected chi connectivity index (χ4v) is 1.99. The summed E-state index contributed by atoms with van der Waals surface area (Å²) < 4.78 is 6.38. The van der Waals surface area contributed by atoms with Crippen LogP contribution >= 0.6 is 15.9 Å². The summed E-state index contributed by atoms with van der Waals surface area (Å²) in [4.78, 5) is 0. The minimum Gasteiger partial charge on any atom is -0.506 e. The van der Waals surface area contributed by atoms with Crippen molar-refractivity contribution in [3.63, 3.8) is 0 Å². The van der Waals surface area contributed by atoms with E-state index < -0.39 is 0 Å². The van der Waals surface area contributed by atoms with Crippen LogP contribution in [-0.4, -0.2) is 11.7 Å². The second kappa shape index (κ2) is 7.78. The average Bonchev–Trinajstić information content (AvgIpc) is 2.48. The van der Waals surface area contributed by atoms with Crippen LogP contribution in [-0.2, 0) is 0 Å². The number of hydrogen-bond donors (Lipinski definition) is 1. The van der Waals surface area contributed by atoms with E-state index in [0.29, 0.717) is 11.4 Å². The Hall–Kier alpha value is -1.88. The van der Waals surface area contributed by atoms with E-state index in [-0.39, 0.29) is 5.75 Å². The summed E-state index contributed by atoms with van der Waals surface area (Å²) in [7, 11) is 0. The number of benzene rings is 2. The maximum absolute atomic E-state index is 9.73. The zero-order valence-corrected chi connectivity index (χ0v) is 13.4. The number of ether oxygens (including phenoxy) is 1. The first-order valence-corrected chi connectivity index (χ1v) is 7.61. The van der Waals surface area contributed by atoms with E-state index in [1.165, 1.54) is 0 Å². The van der Waals surface area contributed by atoms with Gasteiger partial charge in [0.15, 0.2) is 0 Å². The van der Waals surface area contributed by atoms with E-state index in [1.807, 2.05) is 24.3 Å². The Morgan fingerprint density at radius 3 is 2.52 bits per heavy atom. The standard InChI is InChI=1S/C16H17BrN2O2/c1-2-3-10-21-14-7-5-13(6-8-14)18-19-15-9-4-12(17)11-16(15)20/h4-9,11,20H,2-3,10H2,1H3. The second-order valence-corrected chi connectivity index (χ2v) is 5.44. The van der Waals surface area contributed by atoms with Crippen LogP contribution in [0.3, 0.4) is 0 Å². The molecule has 0 spiro atoms. The second-order valence-electron chi connectivity index (χ2n) is 4.53. The molecule has 0 heterocycles. The topological polar surface area (TPSA) is 54.2 Å². The number of aromatic hydroxyl groups is 1. The molecule has 0 aliphatic rings. The van der Waals surface area contributed by atoms with Crippen molar-refractivity contribution < 1.29 is 9.84 Å². The summed E-state index contributed by atoms with van der Waals surface area (Å²) >= 11 is 3.28. The van der Waals surface area contributed by atoms with Crippen molar-refractivity contribution in [2.24, 2.45) is 10.2 Å². The molecule has 0 saturated heterocycles. The fourth-order valence-electron chi connectivity index (χ4n) is 1.64. The van der Waals surface area contributed by atoms with Crippen molar-refractivity contribution in [3.05, 3.63) is 46.9 Å². The Kier molecular flexibility index (Phi) is 5.75. The van der Waals surface area contributed by atoms with Crippen molar-refractivity contribution >= 4 is 27.3 Å². The number of nitrogens with zero attached hydrogens (tertiary/aromatic N) is 2. The monoisotopic (exact) mass is 348 g/mol. The van der Waals surface area contributed by atoms with Gasteiger partial charge in [-0.3, -0.25) is 0 Å². The molecular weight excluding hydrogens is 332 g/mol. The molecule has 21 heavy (non-hydrogen) atoms. The minimum absolute atomic E-state index is 0.0904. The zero-order chi connectivity index (χ0) is 15.1. The molecule has 2 aromatic carbocycles. The summed E-state index contributed by atoms with van der Waals surface area (Å²) in [5.41, 5.74) is 1.14. The van der Waals surface area contributed by atoms with Gasteiger partial charge in [-0.25, -0.2) is 0 Å². The maximum atomic E-state index is 9.73. The van der Waals surface area contributed by atoms with E-state index in [2.05, 4.69) is 33.1 Å². The van der Waals surface area contributed by atoms with Crippen molar-refractivity contribution in [1.29, 1.82) is 0 Å². The van der Waals surface area contributed by atoms with Crippen LogP contribution in [0.15, 0.2) is 57.2 Å². The fraction of sp³-hybridized carbons (Fsp3) is 0.250. The SMILES string of the molecule is CCCCOc1ccc(N=Nc2ccc(Br)cc2O)cc1. The molecule has 0 fully saturated rings. The Bertz CT molecular complexity index is 612. The highest BCUT2D eigenvalue weighted by Crippen LogP contribution is 2.31. The number of azo groups is 1. The number of hydrogen-bond acceptors (Lipinski definition) is 4. The number of halogens is 1. The molecule has 0 saturated carbocycles. The number of unbranched alkanes of at least 4 members (excludes halogenated alkanes) is 1. The Labute approximate surface area is 132 Å². The third kappa shape index (κ3) is 4.86. The quantitative estimate of drug-likeness (QED) is 0.533. The van der Waals surface area contributed by atoms with Crippen LogP contribution in [0.1, 0.15) is 19.8 Å². The van der Waals surface area contributed by atoms with Gasteiger partial charge in [0.2, 0.25) is 0 Å². The van der Waals surface area contributed by atoms with Gasteiger partial charge in [0, 0.05) is 4.47 Å². The van der Waals surface area contributed by atoms with Gasteiger partial charge in [-0.05, 0) is 48.9 Å². The van der Waals surface area contributed by atoms with E-state index in [1.54, 1.807) is 18.2 Å². The van der Waals surface area contributed by atoms with E-state index in [4.69, 9.17) is 4.74 Å². The van der Waals surface area contributed by atoms with Gasteiger partial charge in [-0.15, -0.1) is 5.11 Å². The molecule has 0 radical (unpaired) electrons. The predicted octanol–water partition coefficient (Wildman–Crippen LogP) is 5.75. The highest BCUT2D eigenvalue weighted by atomic mass is 79.9. The van der Waals surface area contributed by atoms with Gasteiger partial charge < -0.3 is 9.84 Å². The number of phenols is 1. The number of phenolic OH excluding ortho intramolecular Hbond substituents is 1. The normalized spacial score (nSPS) is 11.0. The predicted molar refractivity (Wildman–Crippen MR) is 86.8 cm³/mol. The highest BCUT2D eigenvalue weighted by molar-refractivity contribution is 9.10. The van der Waals surface area contributed by atoms with Crippen LogP contribution < -0.4 is 4.74 Å². The summed E-state index contributed by atoms with van der Waals surface area (Å²) in [6.07, 6.45) is 2.16. The minimum atomic E-state index is 0.0904. The lowest BCUT2D eigenvalue weighted by molar-refractivity contribution is 0.309. The van der Waals surface area contributed by atoms with Crippen molar-refractivity contribution in [2.45, 2.75) is 19.8 Å². The van der Waals surface area contributed by atoms with E-state index >= 15 is 0 Å². The Balaban J connectivity index is 2.00. The van der Waals surface area contributed by atoms with Gasteiger partial charge in [-0.1, -0.05) is 29.3 Å². The highest BCUT2D eigenvalue weighted by Gasteiger charge is 2.00. The van der Waals surface area contributed by atoms with E-state index in [9.17, 15) is 5.11 Å². The average molecular weight is 349 g/mol. The lowest BCUT2D eigenvalue weighted by atomic mass is 10.3. The molecular formula is C16H17BrN2O2. The Morgan fingerprint density at radius 2 is 1.86 bits per heavy atom. The molecule has 5 heteroatoms. The lowest BCUT2D eigenvalue weighted by Crippen LogP contribution is -1.95. The molecule has 0 aliphatic heterocycles. The van der Waals surface area contributed by atoms with Crippen LogP contribution in [0, 0.1) is 0 Å². The molecule has 4 nitrogen and oxygen atoms in total. The van der Waals surface area contributed by atoms with Crippen LogP contribution in [0.5, 0.6) is 11.5 Å². The smallest absolute Gasteiger partial charge is 0.144 e.